The molecule has 1 aromatic heterocycles. The third-order valence-corrected chi connectivity index (χ3v) is 4.65. The van der Waals surface area contributed by atoms with Gasteiger partial charge in [0.2, 0.25) is 17.7 Å². The third-order valence-electron chi connectivity index (χ3n) is 4.28. The maximum absolute atomic E-state index is 12.8. The van der Waals surface area contributed by atoms with Gasteiger partial charge in [-0.25, -0.2) is 9.78 Å². The number of aliphatic hydroxyl groups is 1. The van der Waals surface area contributed by atoms with Crippen LogP contribution >= 0.6 is 12.6 Å². The number of imidazole rings is 1. The lowest BCUT2D eigenvalue weighted by molar-refractivity contribution is -0.143. The highest BCUT2D eigenvalue weighted by Crippen LogP contribution is 2.07. The average Bonchev–Trinajstić information content (AvgIpc) is 3.21. The number of aromatic amines is 1. The predicted molar refractivity (Wildman–Crippen MR) is 114 cm³/mol. The SMILES string of the molecule is CC(C)CC(NC(=O)C(N)Cc1cnc[nH]1)C(=O)NC(CS)C(=O)NC(CO)C(=O)O. The number of aliphatic hydroxyl groups excluding tert-OH is 1. The fourth-order valence-electron chi connectivity index (χ4n) is 2.63. The number of H-pyrrole nitrogens is 1. The molecular weight excluding hydrogens is 428 g/mol. The summed E-state index contributed by atoms with van der Waals surface area (Å²) >= 11 is 4.02. The second-order valence-electron chi connectivity index (χ2n) is 7.40. The Bertz CT molecular complexity index is 744. The van der Waals surface area contributed by atoms with Crippen LogP contribution in [0.25, 0.3) is 0 Å². The zero-order valence-corrected chi connectivity index (χ0v) is 18.3. The number of nitrogens with zero attached hydrogens (tertiary/aromatic N) is 1. The summed E-state index contributed by atoms with van der Waals surface area (Å²) < 4.78 is 0. The first kappa shape index (κ1) is 26.4. The maximum atomic E-state index is 12.8. The molecule has 0 saturated carbocycles. The van der Waals surface area contributed by atoms with Crippen molar-refractivity contribution in [3.05, 3.63) is 18.2 Å². The molecule has 4 unspecified atom stereocenters. The van der Waals surface area contributed by atoms with E-state index in [1.165, 1.54) is 12.5 Å². The second-order valence-corrected chi connectivity index (χ2v) is 7.77. The highest BCUT2D eigenvalue weighted by Gasteiger charge is 2.30. The molecule has 1 aromatic rings. The van der Waals surface area contributed by atoms with Crippen molar-refractivity contribution in [1.29, 1.82) is 0 Å². The first-order chi connectivity index (χ1) is 14.6. The molecule has 0 aliphatic carbocycles. The van der Waals surface area contributed by atoms with Crippen molar-refractivity contribution in [1.82, 2.24) is 25.9 Å². The Kier molecular flexibility index (Phi) is 11.0. The van der Waals surface area contributed by atoms with E-state index in [0.717, 1.165) is 0 Å². The summed E-state index contributed by atoms with van der Waals surface area (Å²) in [5.41, 5.74) is 6.58. The minimum absolute atomic E-state index is 0.0361. The Hall–Kier alpha value is -2.64. The molecule has 8 N–H and O–H groups in total. The number of thiol groups is 1. The van der Waals surface area contributed by atoms with Crippen LogP contribution in [-0.4, -0.2) is 80.4 Å². The number of aromatic nitrogens is 2. The molecule has 0 saturated heterocycles. The number of nitrogens with two attached hydrogens (primary N) is 1. The van der Waals surface area contributed by atoms with Crippen LogP contribution in [0.15, 0.2) is 12.5 Å². The summed E-state index contributed by atoms with van der Waals surface area (Å²) in [6, 6.07) is -4.58. The van der Waals surface area contributed by atoms with Gasteiger partial charge < -0.3 is 36.9 Å². The number of amides is 3. The first-order valence-electron chi connectivity index (χ1n) is 9.67. The first-order valence-corrected chi connectivity index (χ1v) is 10.3. The molecule has 0 aliphatic rings. The van der Waals surface area contributed by atoms with E-state index in [4.69, 9.17) is 15.9 Å². The number of hydrogen-bond donors (Lipinski definition) is 8. The van der Waals surface area contributed by atoms with Crippen LogP contribution in [0, 0.1) is 5.92 Å². The molecule has 0 aromatic carbocycles. The molecule has 0 aliphatic heterocycles. The van der Waals surface area contributed by atoms with E-state index in [-0.39, 0.29) is 24.5 Å². The lowest BCUT2D eigenvalue weighted by atomic mass is 10.0. The molecule has 0 radical (unpaired) electrons. The molecule has 1 heterocycles. The second kappa shape index (κ2) is 12.9. The van der Waals surface area contributed by atoms with Crippen molar-refractivity contribution >= 4 is 36.3 Å². The number of aliphatic carboxylic acids is 1. The van der Waals surface area contributed by atoms with Crippen LogP contribution in [0.2, 0.25) is 0 Å². The van der Waals surface area contributed by atoms with E-state index in [1.807, 2.05) is 13.8 Å². The van der Waals surface area contributed by atoms with E-state index >= 15 is 0 Å². The Morgan fingerprint density at radius 3 is 2.16 bits per heavy atom. The largest absolute Gasteiger partial charge is 0.480 e. The molecule has 0 bridgehead atoms. The number of hydrogen-bond acceptors (Lipinski definition) is 8. The number of nitrogens with one attached hydrogen (secondary N) is 4. The van der Waals surface area contributed by atoms with Gasteiger partial charge in [-0.2, -0.15) is 12.6 Å². The molecule has 12 nitrogen and oxygen atoms in total. The van der Waals surface area contributed by atoms with Crippen molar-refractivity contribution in [2.24, 2.45) is 11.7 Å². The number of rotatable bonds is 13. The number of carbonyl (C=O) groups excluding carboxylic acids is 3. The molecular formula is C18H30N6O6S. The van der Waals surface area contributed by atoms with E-state index < -0.39 is 54.5 Å². The molecule has 0 fully saturated rings. The summed E-state index contributed by atoms with van der Waals surface area (Å²) in [6.07, 6.45) is 3.48. The van der Waals surface area contributed by atoms with Gasteiger partial charge in [0.1, 0.15) is 18.1 Å². The predicted octanol–water partition coefficient (Wildman–Crippen LogP) is -2.21. The number of carbonyl (C=O) groups is 4. The van der Waals surface area contributed by atoms with Crippen molar-refractivity contribution < 1.29 is 29.4 Å². The van der Waals surface area contributed by atoms with Crippen LogP contribution in [0.3, 0.4) is 0 Å². The fourth-order valence-corrected chi connectivity index (χ4v) is 2.89. The third kappa shape index (κ3) is 8.94. The molecule has 0 spiro atoms. The quantitative estimate of drug-likeness (QED) is 0.152. The average molecular weight is 459 g/mol. The van der Waals surface area contributed by atoms with Crippen LogP contribution in [0.1, 0.15) is 26.0 Å². The summed E-state index contributed by atoms with van der Waals surface area (Å²) in [5.74, 6) is -3.52. The van der Waals surface area contributed by atoms with Crippen LogP contribution < -0.4 is 21.7 Å². The zero-order chi connectivity index (χ0) is 23.6. The molecule has 31 heavy (non-hydrogen) atoms. The smallest absolute Gasteiger partial charge is 0.328 e. The monoisotopic (exact) mass is 458 g/mol. The molecule has 174 valence electrons. The van der Waals surface area contributed by atoms with Gasteiger partial charge in [0.25, 0.3) is 0 Å². The van der Waals surface area contributed by atoms with Gasteiger partial charge in [-0.1, -0.05) is 13.8 Å². The van der Waals surface area contributed by atoms with Gasteiger partial charge in [-0.3, -0.25) is 14.4 Å². The van der Waals surface area contributed by atoms with Crippen molar-refractivity contribution in [2.45, 2.75) is 50.9 Å². The lowest BCUT2D eigenvalue weighted by Crippen LogP contribution is -2.58. The molecule has 1 rings (SSSR count). The van der Waals surface area contributed by atoms with E-state index in [1.54, 1.807) is 0 Å². The van der Waals surface area contributed by atoms with Gasteiger partial charge in [0, 0.05) is 24.1 Å². The van der Waals surface area contributed by atoms with E-state index in [0.29, 0.717) is 5.69 Å². The summed E-state index contributed by atoms with van der Waals surface area (Å²) in [7, 11) is 0. The fraction of sp³-hybridized carbons (Fsp3) is 0.611. The van der Waals surface area contributed by atoms with Gasteiger partial charge >= 0.3 is 5.97 Å². The highest BCUT2D eigenvalue weighted by molar-refractivity contribution is 7.80. The minimum atomic E-state index is -1.52. The topological polar surface area (TPSA) is 200 Å². The summed E-state index contributed by atoms with van der Waals surface area (Å²) in [4.78, 5) is 55.2. The van der Waals surface area contributed by atoms with Crippen molar-refractivity contribution in [3.63, 3.8) is 0 Å². The Labute approximate surface area is 185 Å². The van der Waals surface area contributed by atoms with Crippen LogP contribution in [0.5, 0.6) is 0 Å². The maximum Gasteiger partial charge on any atom is 0.328 e. The zero-order valence-electron chi connectivity index (χ0n) is 17.4. The van der Waals surface area contributed by atoms with Crippen LogP contribution in [-0.2, 0) is 25.6 Å². The van der Waals surface area contributed by atoms with Crippen molar-refractivity contribution in [2.75, 3.05) is 12.4 Å². The Morgan fingerprint density at radius 1 is 1.10 bits per heavy atom. The normalized spacial score (nSPS) is 14.9. The molecule has 13 heteroatoms. The van der Waals surface area contributed by atoms with Gasteiger partial charge in [-0.05, 0) is 12.3 Å². The lowest BCUT2D eigenvalue weighted by Gasteiger charge is -2.25. The van der Waals surface area contributed by atoms with E-state index in [9.17, 15) is 19.2 Å². The summed E-state index contributed by atoms with van der Waals surface area (Å²) in [5, 5.41) is 25.2. The molecule has 4 atom stereocenters. The number of carboxylic acid groups (broad SMARTS) is 1. The van der Waals surface area contributed by atoms with E-state index in [2.05, 4.69) is 38.5 Å². The van der Waals surface area contributed by atoms with Crippen molar-refractivity contribution in [3.8, 4) is 0 Å². The van der Waals surface area contributed by atoms with Crippen LogP contribution in [0.4, 0.5) is 0 Å². The van der Waals surface area contributed by atoms with Gasteiger partial charge in [0.15, 0.2) is 0 Å². The highest BCUT2D eigenvalue weighted by atomic mass is 32.1. The van der Waals surface area contributed by atoms with Gasteiger partial charge in [0.05, 0.1) is 19.0 Å². The Balaban J connectivity index is 2.79. The van der Waals surface area contributed by atoms with Gasteiger partial charge in [-0.15, -0.1) is 0 Å². The standard InChI is InChI=1S/C18H30N6O6S/c1-9(2)3-12(22-15(26)11(19)4-10-5-20-8-21-10)16(27)24-14(7-31)17(28)23-13(6-25)18(29)30/h5,8-9,11-14,25,31H,3-4,6-7,19H2,1-2H3,(H,20,21)(H,22,26)(H,23,28)(H,24,27)(H,29,30). The summed E-state index contributed by atoms with van der Waals surface area (Å²) in [6.45, 7) is 2.91. The Morgan fingerprint density at radius 2 is 1.68 bits per heavy atom. The molecule has 3 amide bonds. The number of carboxylic acids is 1. The minimum Gasteiger partial charge on any atom is -0.480 e.